The topological polar surface area (TPSA) is 76.7 Å². The Kier molecular flexibility index (Phi) is 7.30. The molecule has 148 valence electrons. The van der Waals surface area contributed by atoms with E-state index in [1.807, 2.05) is 0 Å². The van der Waals surface area contributed by atoms with Gasteiger partial charge in [0, 0.05) is 17.6 Å². The molecule has 2 N–H and O–H groups in total. The van der Waals surface area contributed by atoms with Gasteiger partial charge < -0.3 is 20.1 Å². The fourth-order valence-corrected chi connectivity index (χ4v) is 3.55. The Hall–Kier alpha value is -2.09. The van der Waals surface area contributed by atoms with Gasteiger partial charge in [0.2, 0.25) is 0 Å². The van der Waals surface area contributed by atoms with Crippen molar-refractivity contribution in [2.45, 2.75) is 18.9 Å². The van der Waals surface area contributed by atoms with E-state index in [1.165, 1.54) is 0 Å². The summed E-state index contributed by atoms with van der Waals surface area (Å²) in [5.41, 5.74) is 0.804. The molecule has 3 rings (SSSR count). The number of carbonyl (C=O) groups is 2. The minimum Gasteiger partial charge on any atom is -0.482 e. The van der Waals surface area contributed by atoms with Gasteiger partial charge in [0.15, 0.2) is 6.61 Å². The van der Waals surface area contributed by atoms with Crippen LogP contribution in [-0.4, -0.2) is 37.7 Å². The molecule has 8 heteroatoms. The molecule has 0 bridgehead atoms. The summed E-state index contributed by atoms with van der Waals surface area (Å²) in [5.74, 6) is -0.246. The maximum atomic E-state index is 12.5. The van der Waals surface area contributed by atoms with Crippen LogP contribution in [0.3, 0.4) is 0 Å². The van der Waals surface area contributed by atoms with Crippen LogP contribution in [-0.2, 0) is 9.53 Å². The first-order chi connectivity index (χ1) is 13.5. The zero-order valence-corrected chi connectivity index (χ0v) is 17.4. The lowest BCUT2D eigenvalue weighted by molar-refractivity contribution is -0.118. The molecule has 0 aliphatic carbocycles. The van der Waals surface area contributed by atoms with Gasteiger partial charge in [-0.3, -0.25) is 9.59 Å². The number of nitrogens with one attached hydrogen (secondary N) is 2. The molecule has 6 nitrogen and oxygen atoms in total. The lowest BCUT2D eigenvalue weighted by Crippen LogP contribution is -2.32. The van der Waals surface area contributed by atoms with Crippen molar-refractivity contribution >= 4 is 45.0 Å². The fourth-order valence-electron chi connectivity index (χ4n) is 2.82. The van der Waals surface area contributed by atoms with E-state index in [1.54, 1.807) is 42.5 Å². The largest absolute Gasteiger partial charge is 0.482 e. The van der Waals surface area contributed by atoms with E-state index >= 15 is 0 Å². The van der Waals surface area contributed by atoms with Gasteiger partial charge in [0.1, 0.15) is 5.75 Å². The van der Waals surface area contributed by atoms with Crippen molar-refractivity contribution in [1.29, 1.82) is 0 Å². The zero-order chi connectivity index (χ0) is 19.9. The minimum atomic E-state index is -0.390. The van der Waals surface area contributed by atoms with Crippen molar-refractivity contribution in [1.82, 2.24) is 5.32 Å². The summed E-state index contributed by atoms with van der Waals surface area (Å²) < 4.78 is 11.8. The normalized spacial score (nSPS) is 15.9. The monoisotopic (exact) mass is 466 g/mol. The van der Waals surface area contributed by atoms with Crippen molar-refractivity contribution < 1.29 is 19.1 Å². The second-order valence-electron chi connectivity index (χ2n) is 6.30. The molecule has 0 spiro atoms. The summed E-state index contributed by atoms with van der Waals surface area (Å²) in [6, 6.07) is 12.0. The van der Waals surface area contributed by atoms with Crippen molar-refractivity contribution in [2.75, 3.05) is 25.1 Å². The molecule has 0 unspecified atom stereocenters. The van der Waals surface area contributed by atoms with E-state index < -0.39 is 5.91 Å². The maximum absolute atomic E-state index is 12.5. The SMILES string of the molecule is O=C(COc1ccc(Br)cc1Cl)Nc1ccccc1C(=O)NC[C@@H]1CCCO1. The second kappa shape index (κ2) is 9.91. The van der Waals surface area contributed by atoms with E-state index in [-0.39, 0.29) is 18.6 Å². The van der Waals surface area contributed by atoms with Crippen LogP contribution in [0.2, 0.25) is 5.02 Å². The number of halogens is 2. The Bertz CT molecular complexity index is 856. The Morgan fingerprint density at radius 1 is 1.25 bits per heavy atom. The highest BCUT2D eigenvalue weighted by atomic mass is 79.9. The van der Waals surface area contributed by atoms with Gasteiger partial charge in [0.25, 0.3) is 11.8 Å². The number of carbonyl (C=O) groups excluding carboxylic acids is 2. The van der Waals surface area contributed by atoms with Gasteiger partial charge in [-0.05, 0) is 43.2 Å². The van der Waals surface area contributed by atoms with Crippen LogP contribution in [0.4, 0.5) is 5.69 Å². The first-order valence-corrected chi connectivity index (χ1v) is 10.1. The van der Waals surface area contributed by atoms with Crippen LogP contribution < -0.4 is 15.4 Å². The standard InChI is InChI=1S/C20H20BrClN2O4/c21-13-7-8-18(16(22)10-13)28-12-19(25)24-17-6-2-1-5-15(17)20(26)23-11-14-4-3-9-27-14/h1-2,5-8,10,14H,3-4,9,11-12H2,(H,23,26)(H,24,25)/t14-/m0/s1. The molecular formula is C20H20BrClN2O4. The van der Waals surface area contributed by atoms with Crippen molar-refractivity contribution in [3.63, 3.8) is 0 Å². The highest BCUT2D eigenvalue weighted by Gasteiger charge is 2.18. The van der Waals surface area contributed by atoms with E-state index in [9.17, 15) is 9.59 Å². The summed E-state index contributed by atoms with van der Waals surface area (Å²) in [5, 5.41) is 5.97. The molecule has 0 radical (unpaired) electrons. The smallest absolute Gasteiger partial charge is 0.262 e. The summed E-state index contributed by atoms with van der Waals surface area (Å²) in [7, 11) is 0. The molecule has 1 atom stereocenters. The van der Waals surface area contributed by atoms with E-state index in [0.29, 0.717) is 28.6 Å². The third kappa shape index (κ3) is 5.70. The Morgan fingerprint density at radius 3 is 2.82 bits per heavy atom. The lowest BCUT2D eigenvalue weighted by Gasteiger charge is -2.14. The number of amides is 2. The average molecular weight is 468 g/mol. The van der Waals surface area contributed by atoms with Crippen molar-refractivity contribution in [2.24, 2.45) is 0 Å². The number of para-hydroxylation sites is 1. The molecule has 1 aliphatic heterocycles. The third-order valence-corrected chi connectivity index (χ3v) is 5.00. The molecule has 2 aromatic carbocycles. The Labute approximate surface area is 176 Å². The molecule has 0 aromatic heterocycles. The Morgan fingerprint density at radius 2 is 2.07 bits per heavy atom. The molecule has 1 heterocycles. The van der Waals surface area contributed by atoms with Crippen LogP contribution in [0.1, 0.15) is 23.2 Å². The third-order valence-electron chi connectivity index (χ3n) is 4.21. The van der Waals surface area contributed by atoms with Gasteiger partial charge in [-0.15, -0.1) is 0 Å². The minimum absolute atomic E-state index is 0.0507. The number of hydrogen-bond donors (Lipinski definition) is 2. The average Bonchev–Trinajstić information content (AvgIpc) is 3.19. The Balaban J connectivity index is 1.57. The number of hydrogen-bond acceptors (Lipinski definition) is 4. The molecule has 1 fully saturated rings. The molecule has 0 saturated carbocycles. The maximum Gasteiger partial charge on any atom is 0.262 e. The predicted octanol–water partition coefficient (Wildman–Crippen LogP) is 4.03. The summed E-state index contributed by atoms with van der Waals surface area (Å²) in [6.45, 7) is 0.953. The van der Waals surface area contributed by atoms with E-state index in [0.717, 1.165) is 23.9 Å². The second-order valence-corrected chi connectivity index (χ2v) is 7.63. The first kappa shape index (κ1) is 20.6. The molecule has 1 saturated heterocycles. The van der Waals surface area contributed by atoms with Crippen LogP contribution in [0, 0.1) is 0 Å². The molecule has 1 aliphatic rings. The predicted molar refractivity (Wildman–Crippen MR) is 111 cm³/mol. The highest BCUT2D eigenvalue weighted by Crippen LogP contribution is 2.27. The first-order valence-electron chi connectivity index (χ1n) is 8.89. The van der Waals surface area contributed by atoms with Crippen molar-refractivity contribution in [3.05, 3.63) is 57.5 Å². The van der Waals surface area contributed by atoms with Gasteiger partial charge >= 0.3 is 0 Å². The van der Waals surface area contributed by atoms with Crippen LogP contribution in [0.25, 0.3) is 0 Å². The van der Waals surface area contributed by atoms with Gasteiger partial charge in [-0.1, -0.05) is 39.7 Å². The molecule has 2 aromatic rings. The zero-order valence-electron chi connectivity index (χ0n) is 15.0. The number of benzene rings is 2. The summed E-state index contributed by atoms with van der Waals surface area (Å²) >= 11 is 9.39. The van der Waals surface area contributed by atoms with Crippen molar-refractivity contribution in [3.8, 4) is 5.75 Å². The van der Waals surface area contributed by atoms with E-state index in [2.05, 4.69) is 26.6 Å². The van der Waals surface area contributed by atoms with Crippen LogP contribution in [0.15, 0.2) is 46.9 Å². The van der Waals surface area contributed by atoms with Crippen LogP contribution in [0.5, 0.6) is 5.75 Å². The molecule has 28 heavy (non-hydrogen) atoms. The van der Waals surface area contributed by atoms with Gasteiger partial charge in [-0.2, -0.15) is 0 Å². The lowest BCUT2D eigenvalue weighted by atomic mass is 10.1. The summed E-state index contributed by atoms with van der Waals surface area (Å²) in [6.07, 6.45) is 2.00. The molecular weight excluding hydrogens is 448 g/mol. The number of anilines is 1. The fraction of sp³-hybridized carbons (Fsp3) is 0.300. The van der Waals surface area contributed by atoms with E-state index in [4.69, 9.17) is 21.1 Å². The van der Waals surface area contributed by atoms with Gasteiger partial charge in [0.05, 0.1) is 22.4 Å². The quantitative estimate of drug-likeness (QED) is 0.645. The van der Waals surface area contributed by atoms with Crippen LogP contribution >= 0.6 is 27.5 Å². The highest BCUT2D eigenvalue weighted by molar-refractivity contribution is 9.10. The van der Waals surface area contributed by atoms with Gasteiger partial charge in [-0.25, -0.2) is 0 Å². The number of ether oxygens (including phenoxy) is 2. The summed E-state index contributed by atoms with van der Waals surface area (Å²) in [4.78, 5) is 24.8. The molecule has 2 amide bonds. The number of rotatable bonds is 7.